The average Bonchev–Trinajstić information content (AvgIpc) is 3.42. The van der Waals surface area contributed by atoms with Crippen LogP contribution in [0.15, 0.2) is 36.4 Å². The van der Waals surface area contributed by atoms with Crippen LogP contribution in [0.25, 0.3) is 0 Å². The summed E-state index contributed by atoms with van der Waals surface area (Å²) in [6, 6.07) is 0.424. The van der Waals surface area contributed by atoms with Gasteiger partial charge in [-0.15, -0.1) is 0 Å². The number of fused-ring (bicyclic) bond motifs is 1. The lowest BCUT2D eigenvalue weighted by Crippen LogP contribution is -2.57. The normalized spacial score (nSPS) is 27.3. The van der Waals surface area contributed by atoms with Gasteiger partial charge in [-0.2, -0.15) is 13.2 Å². The summed E-state index contributed by atoms with van der Waals surface area (Å²) in [5.74, 6) is -1.38. The number of nitrogens with one attached hydrogen (secondary N) is 3. The molecular weight excluding hydrogens is 509 g/mol. The Balaban J connectivity index is 1.42. The van der Waals surface area contributed by atoms with Crippen LogP contribution in [0.2, 0.25) is 0 Å². The molecule has 13 heteroatoms. The first-order valence-corrected chi connectivity index (χ1v) is 12.4. The maximum absolute atomic E-state index is 13.5. The van der Waals surface area contributed by atoms with E-state index >= 15 is 0 Å². The molecule has 38 heavy (non-hydrogen) atoms. The van der Waals surface area contributed by atoms with Gasteiger partial charge in [-0.3, -0.25) is 14.4 Å². The molecular formula is C25H29F3N4O6. The zero-order valence-corrected chi connectivity index (χ0v) is 20.6. The molecule has 3 aliphatic heterocycles. The lowest BCUT2D eigenvalue weighted by Gasteiger charge is -2.34. The Kier molecular flexibility index (Phi) is 8.24. The highest BCUT2D eigenvalue weighted by Gasteiger charge is 2.45. The molecule has 0 bridgehead atoms. The van der Waals surface area contributed by atoms with Gasteiger partial charge in [0, 0.05) is 18.3 Å². The quantitative estimate of drug-likeness (QED) is 0.378. The number of cyclic esters (lactones) is 1. The van der Waals surface area contributed by atoms with Gasteiger partial charge in [0.1, 0.15) is 18.1 Å². The van der Waals surface area contributed by atoms with E-state index in [2.05, 4.69) is 16.0 Å². The van der Waals surface area contributed by atoms with Gasteiger partial charge < -0.3 is 30.3 Å². The third-order valence-corrected chi connectivity index (χ3v) is 6.70. The zero-order valence-electron chi connectivity index (χ0n) is 20.6. The van der Waals surface area contributed by atoms with Gasteiger partial charge in [0.25, 0.3) is 0 Å². The summed E-state index contributed by atoms with van der Waals surface area (Å²) in [4.78, 5) is 52.5. The van der Waals surface area contributed by atoms with Gasteiger partial charge in [-0.05, 0) is 56.9 Å². The molecule has 1 aromatic carbocycles. The number of ether oxygens (including phenoxy) is 2. The van der Waals surface area contributed by atoms with Crippen LogP contribution >= 0.6 is 0 Å². The molecule has 2 fully saturated rings. The summed E-state index contributed by atoms with van der Waals surface area (Å²) in [6.45, 7) is 2.02. The minimum atomic E-state index is -4.50. The van der Waals surface area contributed by atoms with Gasteiger partial charge in [-0.1, -0.05) is 12.2 Å². The maximum atomic E-state index is 13.5. The number of nitrogens with zero attached hydrogens (tertiary/aromatic N) is 1. The van der Waals surface area contributed by atoms with E-state index in [0.717, 1.165) is 24.3 Å². The van der Waals surface area contributed by atoms with Crippen molar-refractivity contribution in [3.05, 3.63) is 42.0 Å². The van der Waals surface area contributed by atoms with Crippen LogP contribution in [0.5, 0.6) is 0 Å². The first-order valence-electron chi connectivity index (χ1n) is 12.4. The fourth-order valence-electron chi connectivity index (χ4n) is 4.91. The molecule has 206 valence electrons. The smallest absolute Gasteiger partial charge is 0.416 e. The van der Waals surface area contributed by atoms with E-state index in [-0.39, 0.29) is 31.2 Å². The van der Waals surface area contributed by atoms with Crippen molar-refractivity contribution in [1.29, 1.82) is 0 Å². The molecule has 2 unspecified atom stereocenters. The molecule has 0 radical (unpaired) electrons. The summed E-state index contributed by atoms with van der Waals surface area (Å²) in [6.07, 6.45) is -0.0743. The number of benzene rings is 1. The Labute approximate surface area is 216 Å². The number of urea groups is 1. The number of anilines is 1. The number of hydrogen-bond acceptors (Lipinski definition) is 6. The fourth-order valence-corrected chi connectivity index (χ4v) is 4.91. The summed E-state index contributed by atoms with van der Waals surface area (Å²) < 4.78 is 48.8. The molecule has 4 rings (SSSR count). The van der Waals surface area contributed by atoms with Crippen LogP contribution in [0, 0.1) is 0 Å². The van der Waals surface area contributed by atoms with Gasteiger partial charge in [-0.25, -0.2) is 4.79 Å². The van der Waals surface area contributed by atoms with E-state index in [1.54, 1.807) is 13.0 Å². The Bertz CT molecular complexity index is 1090. The molecule has 0 spiro atoms. The minimum absolute atomic E-state index is 0.0441. The van der Waals surface area contributed by atoms with Crippen LogP contribution in [0.1, 0.15) is 44.6 Å². The number of amides is 4. The van der Waals surface area contributed by atoms with Gasteiger partial charge >= 0.3 is 18.2 Å². The van der Waals surface area contributed by atoms with Crippen LogP contribution in [-0.4, -0.2) is 65.8 Å². The number of rotatable bonds is 6. The lowest BCUT2D eigenvalue weighted by atomic mass is 10.0. The van der Waals surface area contributed by atoms with E-state index in [4.69, 9.17) is 9.47 Å². The van der Waals surface area contributed by atoms with Gasteiger partial charge in [0.2, 0.25) is 18.1 Å². The van der Waals surface area contributed by atoms with Crippen molar-refractivity contribution >= 4 is 29.5 Å². The van der Waals surface area contributed by atoms with E-state index in [1.807, 2.05) is 6.08 Å². The van der Waals surface area contributed by atoms with Crippen molar-refractivity contribution in [2.24, 2.45) is 0 Å². The predicted octanol–water partition coefficient (Wildman–Crippen LogP) is 2.70. The van der Waals surface area contributed by atoms with Crippen LogP contribution in [0.3, 0.4) is 0 Å². The Morgan fingerprint density at radius 2 is 1.79 bits per heavy atom. The zero-order chi connectivity index (χ0) is 27.4. The lowest BCUT2D eigenvalue weighted by molar-refractivity contribution is -0.164. The summed E-state index contributed by atoms with van der Waals surface area (Å²) in [5, 5.41) is 7.79. The highest BCUT2D eigenvalue weighted by Crippen LogP contribution is 2.31. The van der Waals surface area contributed by atoms with E-state index < -0.39 is 60.0 Å². The topological polar surface area (TPSA) is 126 Å². The third kappa shape index (κ3) is 6.26. The molecule has 0 saturated carbocycles. The molecule has 0 aliphatic carbocycles. The average molecular weight is 539 g/mol. The third-order valence-electron chi connectivity index (χ3n) is 6.70. The minimum Gasteiger partial charge on any atom is -0.433 e. The molecule has 1 aromatic rings. The number of carbonyl (C=O) groups is 4. The Hall–Kier alpha value is -3.61. The van der Waals surface area contributed by atoms with Crippen molar-refractivity contribution in [3.8, 4) is 0 Å². The van der Waals surface area contributed by atoms with Crippen LogP contribution in [0.4, 0.5) is 23.7 Å². The monoisotopic (exact) mass is 538 g/mol. The molecule has 0 aromatic heterocycles. The van der Waals surface area contributed by atoms with Crippen LogP contribution in [-0.2, 0) is 30.0 Å². The Morgan fingerprint density at radius 1 is 1.08 bits per heavy atom. The van der Waals surface area contributed by atoms with Gasteiger partial charge in [0.15, 0.2) is 0 Å². The number of hydrogen-bond donors (Lipinski definition) is 3. The molecule has 4 amide bonds. The van der Waals surface area contributed by atoms with Gasteiger partial charge in [0.05, 0.1) is 12.0 Å². The van der Waals surface area contributed by atoms with Crippen molar-refractivity contribution < 1.29 is 41.8 Å². The second-order valence-corrected chi connectivity index (χ2v) is 9.29. The number of halogens is 3. The molecule has 10 nitrogen and oxygen atoms in total. The molecule has 2 saturated heterocycles. The first kappa shape index (κ1) is 27.4. The first-order chi connectivity index (χ1) is 18.1. The summed E-state index contributed by atoms with van der Waals surface area (Å²) in [7, 11) is 0. The van der Waals surface area contributed by atoms with Crippen LogP contribution < -0.4 is 16.0 Å². The van der Waals surface area contributed by atoms with Crippen molar-refractivity contribution in [2.45, 2.75) is 75.7 Å². The number of esters is 1. The summed E-state index contributed by atoms with van der Waals surface area (Å²) in [5.41, 5.74) is -0.730. The van der Waals surface area contributed by atoms with Crippen molar-refractivity contribution in [1.82, 2.24) is 15.5 Å². The number of carbonyl (C=O) groups excluding carboxylic acids is 4. The van der Waals surface area contributed by atoms with Crippen molar-refractivity contribution in [2.75, 3.05) is 11.9 Å². The summed E-state index contributed by atoms with van der Waals surface area (Å²) >= 11 is 0. The molecule has 3 heterocycles. The molecule has 3 N–H and O–H groups in total. The molecule has 3 aliphatic rings. The van der Waals surface area contributed by atoms with Crippen molar-refractivity contribution in [3.63, 3.8) is 0 Å². The second kappa shape index (κ2) is 11.4. The fraction of sp³-hybridized carbons (Fsp3) is 0.520. The highest BCUT2D eigenvalue weighted by atomic mass is 19.4. The predicted molar refractivity (Wildman–Crippen MR) is 127 cm³/mol. The highest BCUT2D eigenvalue weighted by molar-refractivity contribution is 5.96. The molecule has 5 atom stereocenters. The van der Waals surface area contributed by atoms with E-state index in [9.17, 15) is 32.3 Å². The maximum Gasteiger partial charge on any atom is 0.416 e. The Morgan fingerprint density at radius 3 is 2.47 bits per heavy atom. The SMILES string of the molecule is CCOC1OC(=O)CC1NC(=O)[C@@H]1CC[C@H]2CC=CC[C@H](NC(=O)Nc3ccc(C(F)(F)F)cc3)C(=O)N21. The standard InChI is InChI=1S/C25H29F3N4O6/c1-2-37-23-18(13-20(33)38-23)30-21(34)19-12-11-16-5-3-4-6-17(22(35)32(16)19)31-24(36)29-15-9-7-14(8-10-15)25(26,27)28/h3-4,7-10,16-19,23H,2,5-6,11-13H2,1H3,(H,30,34)(H2,29,31,36)/t16-,17+,18?,19+,23?/m1/s1. The van der Waals surface area contributed by atoms with E-state index in [1.165, 1.54) is 4.90 Å². The second-order valence-electron chi connectivity index (χ2n) is 9.29. The van der Waals surface area contributed by atoms with E-state index in [0.29, 0.717) is 19.3 Å². The number of alkyl halides is 3. The largest absolute Gasteiger partial charge is 0.433 e.